The number of amides is 1. The number of piperidine rings is 2. The summed E-state index contributed by atoms with van der Waals surface area (Å²) in [4.78, 5) is 25.6. The van der Waals surface area contributed by atoms with E-state index in [4.69, 9.17) is 0 Å². The van der Waals surface area contributed by atoms with Gasteiger partial charge in [0.2, 0.25) is 5.91 Å². The molecule has 4 rings (SSSR count). The quantitative estimate of drug-likeness (QED) is 0.721. The third-order valence-electron chi connectivity index (χ3n) is 6.13. The number of carbonyl (C=O) groups is 1. The van der Waals surface area contributed by atoms with Crippen LogP contribution in [0, 0.1) is 0 Å². The van der Waals surface area contributed by atoms with Crippen molar-refractivity contribution < 1.29 is 18.0 Å². The van der Waals surface area contributed by atoms with Crippen LogP contribution < -0.4 is 0 Å². The molecule has 0 spiro atoms. The van der Waals surface area contributed by atoms with Crippen LogP contribution in [0.25, 0.3) is 11.3 Å². The van der Waals surface area contributed by atoms with Crippen LogP contribution in [0.3, 0.4) is 0 Å². The lowest BCUT2D eigenvalue weighted by Crippen LogP contribution is -2.45. The fraction of sp³-hybridized carbons (Fsp3) is 0.522. The molecule has 0 radical (unpaired) electrons. The van der Waals surface area contributed by atoms with Gasteiger partial charge >= 0.3 is 6.18 Å². The molecule has 1 amide bonds. The molecule has 2 aliphatic rings. The van der Waals surface area contributed by atoms with Crippen molar-refractivity contribution in [3.63, 3.8) is 0 Å². The monoisotopic (exact) mass is 432 g/mol. The van der Waals surface area contributed by atoms with Crippen LogP contribution in [0.2, 0.25) is 0 Å². The highest BCUT2D eigenvalue weighted by atomic mass is 19.4. The van der Waals surface area contributed by atoms with Gasteiger partial charge in [0.25, 0.3) is 0 Å². The summed E-state index contributed by atoms with van der Waals surface area (Å²) >= 11 is 0. The Morgan fingerprint density at radius 3 is 2.65 bits per heavy atom. The van der Waals surface area contributed by atoms with Gasteiger partial charge in [-0.05, 0) is 50.8 Å². The maximum absolute atomic E-state index is 13.1. The Bertz CT molecular complexity index is 912. The summed E-state index contributed by atoms with van der Waals surface area (Å²) in [5.74, 6) is 0.297. The van der Waals surface area contributed by atoms with Crippen molar-refractivity contribution in [2.45, 2.75) is 44.2 Å². The lowest BCUT2D eigenvalue weighted by molar-refractivity contribution is -0.137. The normalized spacial score (nSPS) is 20.6. The predicted molar refractivity (Wildman–Crippen MR) is 111 cm³/mol. The van der Waals surface area contributed by atoms with E-state index in [1.54, 1.807) is 12.3 Å². The van der Waals surface area contributed by atoms with Gasteiger partial charge in [-0.15, -0.1) is 0 Å². The van der Waals surface area contributed by atoms with Crippen molar-refractivity contribution >= 4 is 5.91 Å². The van der Waals surface area contributed by atoms with E-state index >= 15 is 0 Å². The lowest BCUT2D eigenvalue weighted by atomic mass is 9.94. The largest absolute Gasteiger partial charge is 0.416 e. The van der Waals surface area contributed by atoms with Crippen LogP contribution in [0.15, 0.2) is 36.7 Å². The summed E-state index contributed by atoms with van der Waals surface area (Å²) in [6, 6.07) is 5.17. The van der Waals surface area contributed by atoms with E-state index in [1.165, 1.54) is 18.7 Å². The summed E-state index contributed by atoms with van der Waals surface area (Å²) in [5.41, 5.74) is 0.907. The van der Waals surface area contributed by atoms with Gasteiger partial charge in [0, 0.05) is 37.3 Å². The average Bonchev–Trinajstić information content (AvgIpc) is 2.79. The van der Waals surface area contributed by atoms with Gasteiger partial charge in [0.1, 0.15) is 0 Å². The van der Waals surface area contributed by atoms with Crippen molar-refractivity contribution in [2.24, 2.45) is 0 Å². The Kier molecular flexibility index (Phi) is 6.55. The van der Waals surface area contributed by atoms with Crippen molar-refractivity contribution in [3.8, 4) is 11.3 Å². The Morgan fingerprint density at radius 2 is 1.87 bits per heavy atom. The summed E-state index contributed by atoms with van der Waals surface area (Å²) in [5, 5.41) is 0. The average molecular weight is 432 g/mol. The topological polar surface area (TPSA) is 49.3 Å². The van der Waals surface area contributed by atoms with Gasteiger partial charge in [0.15, 0.2) is 0 Å². The van der Waals surface area contributed by atoms with Gasteiger partial charge in [-0.3, -0.25) is 14.7 Å². The molecular formula is C23H27F3N4O. The molecule has 2 saturated heterocycles. The lowest BCUT2D eigenvalue weighted by Gasteiger charge is -2.34. The fourth-order valence-electron chi connectivity index (χ4n) is 4.45. The van der Waals surface area contributed by atoms with E-state index in [9.17, 15) is 18.0 Å². The van der Waals surface area contributed by atoms with Crippen LogP contribution in [0.5, 0.6) is 0 Å². The molecule has 1 atom stereocenters. The second kappa shape index (κ2) is 9.34. The van der Waals surface area contributed by atoms with E-state index in [1.807, 2.05) is 4.90 Å². The zero-order valence-electron chi connectivity index (χ0n) is 17.4. The molecule has 31 heavy (non-hydrogen) atoms. The highest BCUT2D eigenvalue weighted by Crippen LogP contribution is 2.32. The van der Waals surface area contributed by atoms with E-state index in [2.05, 4.69) is 14.9 Å². The molecule has 0 aliphatic carbocycles. The number of halogens is 3. The molecule has 3 heterocycles. The molecule has 1 aromatic heterocycles. The number of rotatable bonds is 4. The highest BCUT2D eigenvalue weighted by molar-refractivity contribution is 5.78. The second-order valence-corrected chi connectivity index (χ2v) is 8.42. The first-order valence-electron chi connectivity index (χ1n) is 10.9. The van der Waals surface area contributed by atoms with Crippen LogP contribution in [-0.2, 0) is 11.0 Å². The number of nitrogens with zero attached hydrogens (tertiary/aromatic N) is 4. The second-order valence-electron chi connectivity index (χ2n) is 8.42. The molecule has 2 aromatic rings. The van der Waals surface area contributed by atoms with Gasteiger partial charge in [-0.2, -0.15) is 13.2 Å². The van der Waals surface area contributed by atoms with Gasteiger partial charge in [0.05, 0.1) is 29.7 Å². The number of alkyl halides is 3. The van der Waals surface area contributed by atoms with E-state index in [0.717, 1.165) is 63.1 Å². The number of carbonyl (C=O) groups excluding carboxylic acids is 1. The Balaban J connectivity index is 1.45. The molecule has 1 aromatic carbocycles. The molecule has 166 valence electrons. The summed E-state index contributed by atoms with van der Waals surface area (Å²) in [6.45, 7) is 3.69. The van der Waals surface area contributed by atoms with Crippen LogP contribution in [0.4, 0.5) is 13.2 Å². The smallest absolute Gasteiger partial charge is 0.342 e. The summed E-state index contributed by atoms with van der Waals surface area (Å²) in [7, 11) is 0. The standard InChI is InChI=1S/C23H27F3N4O/c24-23(25,26)19-8-4-6-17(12-19)20-13-27-14-21(28-20)18-7-5-9-29(15-18)16-22(31)30-10-2-1-3-11-30/h4,6,8,12-14,18H,1-3,5,7,9-11,15-16H2. The molecule has 2 aliphatic heterocycles. The minimum Gasteiger partial charge on any atom is -0.342 e. The maximum Gasteiger partial charge on any atom is 0.416 e. The molecule has 1 unspecified atom stereocenters. The van der Waals surface area contributed by atoms with Crippen LogP contribution >= 0.6 is 0 Å². The molecular weight excluding hydrogens is 405 g/mol. The van der Waals surface area contributed by atoms with Crippen LogP contribution in [0.1, 0.15) is 49.3 Å². The number of hydrogen-bond donors (Lipinski definition) is 0. The number of aromatic nitrogens is 2. The molecule has 8 heteroatoms. The minimum absolute atomic E-state index is 0.112. The van der Waals surface area contributed by atoms with Crippen molar-refractivity contribution in [2.75, 3.05) is 32.7 Å². The van der Waals surface area contributed by atoms with Gasteiger partial charge in [-0.1, -0.05) is 12.1 Å². The van der Waals surface area contributed by atoms with E-state index in [-0.39, 0.29) is 11.8 Å². The molecule has 0 saturated carbocycles. The Labute approximate surface area is 180 Å². The first-order valence-corrected chi connectivity index (χ1v) is 10.9. The fourth-order valence-corrected chi connectivity index (χ4v) is 4.45. The first-order chi connectivity index (χ1) is 14.9. The predicted octanol–water partition coefficient (Wildman–Crippen LogP) is 4.35. The number of hydrogen-bond acceptors (Lipinski definition) is 4. The van der Waals surface area contributed by atoms with Gasteiger partial charge in [-0.25, -0.2) is 4.98 Å². The van der Waals surface area contributed by atoms with E-state index < -0.39 is 11.7 Å². The molecule has 0 bridgehead atoms. The Morgan fingerprint density at radius 1 is 1.06 bits per heavy atom. The van der Waals surface area contributed by atoms with E-state index in [0.29, 0.717) is 24.3 Å². The first kappa shape index (κ1) is 21.7. The zero-order valence-corrected chi connectivity index (χ0v) is 17.4. The van der Waals surface area contributed by atoms with Gasteiger partial charge < -0.3 is 4.90 Å². The summed E-state index contributed by atoms with van der Waals surface area (Å²) in [6.07, 6.45) is 4.01. The highest BCUT2D eigenvalue weighted by Gasteiger charge is 2.31. The maximum atomic E-state index is 13.1. The van der Waals surface area contributed by atoms with Crippen molar-refractivity contribution in [3.05, 3.63) is 47.9 Å². The third-order valence-corrected chi connectivity index (χ3v) is 6.13. The summed E-state index contributed by atoms with van der Waals surface area (Å²) < 4.78 is 39.2. The number of benzene rings is 1. The zero-order chi connectivity index (χ0) is 21.8. The van der Waals surface area contributed by atoms with Crippen molar-refractivity contribution in [1.29, 1.82) is 0 Å². The molecule has 2 fully saturated rings. The van der Waals surface area contributed by atoms with Crippen LogP contribution in [-0.4, -0.2) is 58.4 Å². The molecule has 0 N–H and O–H groups in total. The Hall–Kier alpha value is -2.48. The third kappa shape index (κ3) is 5.42. The number of likely N-dealkylation sites (tertiary alicyclic amines) is 2. The van der Waals surface area contributed by atoms with Crippen molar-refractivity contribution in [1.82, 2.24) is 19.8 Å². The minimum atomic E-state index is -4.40. The molecule has 5 nitrogen and oxygen atoms in total. The SMILES string of the molecule is O=C(CN1CCCC(c2cncc(-c3cccc(C(F)(F)F)c3)n2)C1)N1CCCCC1.